The predicted octanol–water partition coefficient (Wildman–Crippen LogP) is 3.34. The number of carbonyl (C=O) groups is 1. The van der Waals surface area contributed by atoms with Gasteiger partial charge in [0.1, 0.15) is 11.6 Å². The largest absolute Gasteiger partial charge is 0.497 e. The second kappa shape index (κ2) is 4.56. The van der Waals surface area contributed by atoms with Crippen LogP contribution in [0, 0.1) is 5.82 Å². The summed E-state index contributed by atoms with van der Waals surface area (Å²) in [6.45, 7) is 0.647. The standard InChI is InChI=1S/C15H15FO2/c16-11-6-4-10(5-7-11)12-8-9-18-14-3-1-2-13(17)15(12)14/h4-7,12H,1-3,8-9H2. The molecule has 0 N–H and O–H groups in total. The molecular weight excluding hydrogens is 231 g/mol. The summed E-state index contributed by atoms with van der Waals surface area (Å²) in [5.41, 5.74) is 1.85. The second-order valence-electron chi connectivity index (χ2n) is 4.85. The van der Waals surface area contributed by atoms with Crippen LogP contribution in [0.4, 0.5) is 4.39 Å². The summed E-state index contributed by atoms with van der Waals surface area (Å²) in [6, 6.07) is 6.46. The van der Waals surface area contributed by atoms with Crippen LogP contribution in [0.2, 0.25) is 0 Å². The number of halogens is 1. The maximum absolute atomic E-state index is 13.0. The molecule has 0 aromatic heterocycles. The quantitative estimate of drug-likeness (QED) is 0.759. The SMILES string of the molecule is O=C1CCCC2=C1C(c1ccc(F)cc1)CCO2. The topological polar surface area (TPSA) is 26.3 Å². The molecule has 1 unspecified atom stereocenters. The molecule has 1 aromatic rings. The van der Waals surface area contributed by atoms with Crippen LogP contribution in [0.1, 0.15) is 37.2 Å². The fraction of sp³-hybridized carbons (Fsp3) is 0.400. The minimum absolute atomic E-state index is 0.0853. The normalized spacial score (nSPS) is 23.6. The van der Waals surface area contributed by atoms with E-state index >= 15 is 0 Å². The van der Waals surface area contributed by atoms with E-state index < -0.39 is 0 Å². The number of benzene rings is 1. The number of allylic oxidation sites excluding steroid dienone is 2. The molecule has 1 aromatic carbocycles. The third-order valence-electron chi connectivity index (χ3n) is 3.71. The van der Waals surface area contributed by atoms with Crippen LogP contribution in [0.15, 0.2) is 35.6 Å². The number of hydrogen-bond donors (Lipinski definition) is 0. The van der Waals surface area contributed by atoms with Crippen molar-refractivity contribution in [2.24, 2.45) is 0 Å². The maximum Gasteiger partial charge on any atom is 0.162 e. The van der Waals surface area contributed by atoms with Crippen molar-refractivity contribution >= 4 is 5.78 Å². The first-order chi connectivity index (χ1) is 8.75. The first kappa shape index (κ1) is 11.5. The fourth-order valence-corrected chi connectivity index (χ4v) is 2.85. The molecule has 18 heavy (non-hydrogen) atoms. The van der Waals surface area contributed by atoms with Crippen LogP contribution in [0.25, 0.3) is 0 Å². The Morgan fingerprint density at radius 2 is 1.94 bits per heavy atom. The Balaban J connectivity index is 2.00. The molecule has 3 rings (SSSR count). The minimum atomic E-state index is -0.241. The van der Waals surface area contributed by atoms with E-state index in [0.717, 1.165) is 36.2 Å². The van der Waals surface area contributed by atoms with Crippen molar-refractivity contribution in [1.82, 2.24) is 0 Å². The minimum Gasteiger partial charge on any atom is -0.497 e. The van der Waals surface area contributed by atoms with Crippen molar-refractivity contribution in [3.8, 4) is 0 Å². The van der Waals surface area contributed by atoms with Crippen molar-refractivity contribution in [1.29, 1.82) is 0 Å². The Labute approximate surface area is 105 Å². The smallest absolute Gasteiger partial charge is 0.162 e. The molecule has 1 atom stereocenters. The van der Waals surface area contributed by atoms with E-state index in [-0.39, 0.29) is 17.5 Å². The molecule has 0 saturated heterocycles. The number of Topliss-reactive ketones (excluding diaryl/α,β-unsaturated/α-hetero) is 1. The summed E-state index contributed by atoms with van der Waals surface area (Å²) in [7, 11) is 0. The van der Waals surface area contributed by atoms with Gasteiger partial charge in [0, 0.05) is 24.3 Å². The van der Waals surface area contributed by atoms with E-state index in [9.17, 15) is 9.18 Å². The van der Waals surface area contributed by atoms with Crippen molar-refractivity contribution in [2.75, 3.05) is 6.61 Å². The van der Waals surface area contributed by atoms with Crippen LogP contribution in [-0.4, -0.2) is 12.4 Å². The molecule has 0 spiro atoms. The average Bonchev–Trinajstić information content (AvgIpc) is 2.39. The molecule has 94 valence electrons. The lowest BCUT2D eigenvalue weighted by Gasteiger charge is -2.31. The van der Waals surface area contributed by atoms with E-state index in [1.807, 2.05) is 0 Å². The molecule has 3 heteroatoms. The van der Waals surface area contributed by atoms with Gasteiger partial charge in [0.15, 0.2) is 5.78 Å². The van der Waals surface area contributed by atoms with Crippen LogP contribution in [-0.2, 0) is 9.53 Å². The number of rotatable bonds is 1. The number of ketones is 1. The van der Waals surface area contributed by atoms with E-state index in [0.29, 0.717) is 13.0 Å². The van der Waals surface area contributed by atoms with Gasteiger partial charge in [-0.3, -0.25) is 4.79 Å². The molecule has 1 aliphatic carbocycles. The van der Waals surface area contributed by atoms with Gasteiger partial charge in [0.25, 0.3) is 0 Å². The van der Waals surface area contributed by atoms with Crippen LogP contribution < -0.4 is 0 Å². The van der Waals surface area contributed by atoms with Gasteiger partial charge in [0.2, 0.25) is 0 Å². The van der Waals surface area contributed by atoms with Gasteiger partial charge in [-0.25, -0.2) is 4.39 Å². The van der Waals surface area contributed by atoms with Crippen LogP contribution in [0.3, 0.4) is 0 Å². The first-order valence-electron chi connectivity index (χ1n) is 6.40. The summed E-state index contributed by atoms with van der Waals surface area (Å²) in [6.07, 6.45) is 3.16. The Bertz CT molecular complexity index is 498. The van der Waals surface area contributed by atoms with E-state index in [4.69, 9.17) is 4.74 Å². The highest BCUT2D eigenvalue weighted by molar-refractivity contribution is 5.98. The van der Waals surface area contributed by atoms with Gasteiger partial charge in [0.05, 0.1) is 6.61 Å². The molecule has 2 aliphatic rings. The summed E-state index contributed by atoms with van der Waals surface area (Å²) in [5, 5.41) is 0. The zero-order valence-corrected chi connectivity index (χ0v) is 10.1. The summed E-state index contributed by atoms with van der Waals surface area (Å²) in [5.74, 6) is 0.911. The van der Waals surface area contributed by atoms with E-state index in [1.165, 1.54) is 12.1 Å². The summed E-state index contributed by atoms with van der Waals surface area (Å²) in [4.78, 5) is 12.1. The predicted molar refractivity (Wildman–Crippen MR) is 65.6 cm³/mol. The Hall–Kier alpha value is -1.64. The van der Waals surface area contributed by atoms with Gasteiger partial charge < -0.3 is 4.74 Å². The Kier molecular flexibility index (Phi) is 2.90. The Morgan fingerprint density at radius 1 is 1.17 bits per heavy atom. The van der Waals surface area contributed by atoms with E-state index in [2.05, 4.69) is 0 Å². The highest BCUT2D eigenvalue weighted by Crippen LogP contribution is 2.39. The van der Waals surface area contributed by atoms with Crippen LogP contribution in [0.5, 0.6) is 0 Å². The number of hydrogen-bond acceptors (Lipinski definition) is 2. The zero-order chi connectivity index (χ0) is 12.5. The lowest BCUT2D eigenvalue weighted by Crippen LogP contribution is -2.24. The molecule has 0 saturated carbocycles. The second-order valence-corrected chi connectivity index (χ2v) is 4.85. The monoisotopic (exact) mass is 246 g/mol. The van der Waals surface area contributed by atoms with Crippen molar-refractivity contribution in [3.63, 3.8) is 0 Å². The van der Waals surface area contributed by atoms with Crippen molar-refractivity contribution < 1.29 is 13.9 Å². The summed E-state index contributed by atoms with van der Waals surface area (Å²) >= 11 is 0. The van der Waals surface area contributed by atoms with Crippen LogP contribution >= 0.6 is 0 Å². The highest BCUT2D eigenvalue weighted by Gasteiger charge is 2.32. The van der Waals surface area contributed by atoms with Crippen molar-refractivity contribution in [3.05, 3.63) is 47.0 Å². The average molecular weight is 246 g/mol. The molecule has 1 heterocycles. The molecule has 0 fully saturated rings. The lowest BCUT2D eigenvalue weighted by molar-refractivity contribution is -0.117. The molecular formula is C15H15FO2. The fourth-order valence-electron chi connectivity index (χ4n) is 2.85. The number of ether oxygens (including phenoxy) is 1. The first-order valence-corrected chi connectivity index (χ1v) is 6.40. The highest BCUT2D eigenvalue weighted by atomic mass is 19.1. The molecule has 0 amide bonds. The van der Waals surface area contributed by atoms with Gasteiger partial charge in [-0.2, -0.15) is 0 Å². The van der Waals surface area contributed by atoms with Gasteiger partial charge >= 0.3 is 0 Å². The molecule has 0 bridgehead atoms. The third-order valence-corrected chi connectivity index (χ3v) is 3.71. The van der Waals surface area contributed by atoms with E-state index in [1.54, 1.807) is 12.1 Å². The lowest BCUT2D eigenvalue weighted by atomic mass is 9.80. The van der Waals surface area contributed by atoms with Gasteiger partial charge in [-0.15, -0.1) is 0 Å². The molecule has 2 nitrogen and oxygen atoms in total. The molecule has 0 radical (unpaired) electrons. The third kappa shape index (κ3) is 1.94. The van der Waals surface area contributed by atoms with Gasteiger partial charge in [-0.05, 0) is 30.5 Å². The summed E-state index contributed by atoms with van der Waals surface area (Å²) < 4.78 is 18.6. The van der Waals surface area contributed by atoms with Crippen molar-refractivity contribution in [2.45, 2.75) is 31.6 Å². The van der Waals surface area contributed by atoms with Gasteiger partial charge in [-0.1, -0.05) is 12.1 Å². The maximum atomic E-state index is 13.0. The zero-order valence-electron chi connectivity index (χ0n) is 10.1. The Morgan fingerprint density at radius 3 is 2.72 bits per heavy atom. The molecule has 1 aliphatic heterocycles. The number of carbonyl (C=O) groups excluding carboxylic acids is 1.